The van der Waals surface area contributed by atoms with Gasteiger partial charge in [0.05, 0.1) is 7.11 Å². The van der Waals surface area contributed by atoms with Gasteiger partial charge in [-0.05, 0) is 38.1 Å². The van der Waals surface area contributed by atoms with E-state index in [2.05, 4.69) is 17.0 Å². The monoisotopic (exact) mass is 239 g/mol. The Balaban J connectivity index is 2.13. The molecule has 0 amide bonds. The van der Waals surface area contributed by atoms with Gasteiger partial charge in [-0.15, -0.1) is 0 Å². The third-order valence-electron chi connectivity index (χ3n) is 3.63. The van der Waals surface area contributed by atoms with Crippen LogP contribution in [0.4, 0.5) is 0 Å². The molecule has 0 spiro atoms. The summed E-state index contributed by atoms with van der Waals surface area (Å²) in [6.45, 7) is 5.95. The Morgan fingerprint density at radius 3 is 2.59 bits per heavy atom. The molecule has 0 unspecified atom stereocenters. The topological polar surface area (TPSA) is 38.3 Å². The summed E-state index contributed by atoms with van der Waals surface area (Å²) in [7, 11) is 1.41. The molecule has 0 aromatic carbocycles. The molecule has 1 N–H and O–H groups in total. The van der Waals surface area contributed by atoms with Crippen molar-refractivity contribution in [2.45, 2.75) is 39.5 Å². The molecule has 0 radical (unpaired) electrons. The average Bonchev–Trinajstić information content (AvgIpc) is 2.35. The van der Waals surface area contributed by atoms with Crippen LogP contribution >= 0.6 is 0 Å². The zero-order valence-electron chi connectivity index (χ0n) is 11.3. The van der Waals surface area contributed by atoms with Gasteiger partial charge in [0.1, 0.15) is 0 Å². The van der Waals surface area contributed by atoms with Gasteiger partial charge >= 0.3 is 5.97 Å². The predicted molar refractivity (Wildman–Crippen MR) is 69.8 cm³/mol. The summed E-state index contributed by atoms with van der Waals surface area (Å²) in [6.07, 6.45) is 7.31. The molecule has 0 saturated heterocycles. The molecule has 0 atom stereocenters. The van der Waals surface area contributed by atoms with Crippen LogP contribution in [0.25, 0.3) is 0 Å². The molecular weight excluding hydrogens is 214 g/mol. The maximum Gasteiger partial charge on any atom is 0.333 e. The Morgan fingerprint density at radius 1 is 1.35 bits per heavy atom. The van der Waals surface area contributed by atoms with E-state index in [1.165, 1.54) is 32.8 Å². The van der Waals surface area contributed by atoms with Gasteiger partial charge in [0.25, 0.3) is 0 Å². The second kappa shape index (κ2) is 7.49. The van der Waals surface area contributed by atoms with Gasteiger partial charge in [0.2, 0.25) is 0 Å². The summed E-state index contributed by atoms with van der Waals surface area (Å²) in [5.74, 6) is 1.49. The first-order valence-electron chi connectivity index (χ1n) is 6.59. The van der Waals surface area contributed by atoms with Gasteiger partial charge in [0, 0.05) is 12.1 Å². The summed E-state index contributed by atoms with van der Waals surface area (Å²) in [6, 6.07) is 0. The van der Waals surface area contributed by atoms with E-state index in [0.29, 0.717) is 5.57 Å². The van der Waals surface area contributed by atoms with Gasteiger partial charge in [-0.3, -0.25) is 0 Å². The molecule has 1 saturated carbocycles. The zero-order chi connectivity index (χ0) is 12.7. The molecule has 1 fully saturated rings. The number of rotatable bonds is 5. The third kappa shape index (κ3) is 5.35. The number of hydrogen-bond acceptors (Lipinski definition) is 3. The summed E-state index contributed by atoms with van der Waals surface area (Å²) in [5.41, 5.74) is 0.678. The minimum atomic E-state index is -0.238. The van der Waals surface area contributed by atoms with E-state index >= 15 is 0 Å². The molecule has 0 aromatic rings. The maximum absolute atomic E-state index is 11.1. The molecule has 1 aliphatic rings. The van der Waals surface area contributed by atoms with Crippen LogP contribution in [0, 0.1) is 11.8 Å². The normalized spacial score (nSPS) is 25.7. The lowest BCUT2D eigenvalue weighted by atomic mass is 9.83. The lowest BCUT2D eigenvalue weighted by Crippen LogP contribution is -2.26. The largest absolute Gasteiger partial charge is 0.466 e. The molecule has 0 aliphatic heterocycles. The minimum Gasteiger partial charge on any atom is -0.466 e. The highest BCUT2D eigenvalue weighted by Gasteiger charge is 2.17. The third-order valence-corrected chi connectivity index (χ3v) is 3.63. The van der Waals surface area contributed by atoms with Crippen LogP contribution < -0.4 is 5.32 Å². The Morgan fingerprint density at radius 2 is 2.00 bits per heavy atom. The van der Waals surface area contributed by atoms with Crippen LogP contribution in [0.2, 0.25) is 0 Å². The van der Waals surface area contributed by atoms with Crippen LogP contribution in [0.15, 0.2) is 11.6 Å². The van der Waals surface area contributed by atoms with Crippen molar-refractivity contribution in [2.24, 2.45) is 11.8 Å². The molecule has 17 heavy (non-hydrogen) atoms. The first-order valence-corrected chi connectivity index (χ1v) is 6.59. The molecule has 3 heteroatoms. The molecule has 1 aliphatic carbocycles. The minimum absolute atomic E-state index is 0.238. The van der Waals surface area contributed by atoms with Crippen molar-refractivity contribution in [1.29, 1.82) is 0 Å². The van der Waals surface area contributed by atoms with Crippen molar-refractivity contribution in [3.8, 4) is 0 Å². The average molecular weight is 239 g/mol. The van der Waals surface area contributed by atoms with E-state index in [9.17, 15) is 4.79 Å². The molecule has 0 bridgehead atoms. The Bertz CT molecular complexity index is 265. The van der Waals surface area contributed by atoms with Crippen LogP contribution in [0.5, 0.6) is 0 Å². The van der Waals surface area contributed by atoms with Gasteiger partial charge in [-0.1, -0.05) is 25.8 Å². The first-order chi connectivity index (χ1) is 8.13. The number of hydrogen-bond donors (Lipinski definition) is 1. The van der Waals surface area contributed by atoms with E-state index in [4.69, 9.17) is 0 Å². The lowest BCUT2D eigenvalue weighted by Gasteiger charge is -2.26. The lowest BCUT2D eigenvalue weighted by molar-refractivity contribution is -0.136. The van der Waals surface area contributed by atoms with Crippen molar-refractivity contribution < 1.29 is 9.53 Å². The van der Waals surface area contributed by atoms with Crippen LogP contribution in [0.1, 0.15) is 39.5 Å². The standard InChI is InChI=1S/C14H25NO2/c1-11-4-6-13(7-5-11)10-15-9-8-12(2)14(16)17-3/h8,11,13,15H,4-7,9-10H2,1-3H3. The quantitative estimate of drug-likeness (QED) is 0.455. The number of nitrogens with one attached hydrogen (secondary N) is 1. The summed E-state index contributed by atoms with van der Waals surface area (Å²) < 4.78 is 4.64. The van der Waals surface area contributed by atoms with Crippen LogP contribution in [0.3, 0.4) is 0 Å². The highest BCUT2D eigenvalue weighted by atomic mass is 16.5. The highest BCUT2D eigenvalue weighted by Crippen LogP contribution is 2.27. The summed E-state index contributed by atoms with van der Waals surface area (Å²) in [5, 5.41) is 3.40. The highest BCUT2D eigenvalue weighted by molar-refractivity contribution is 5.87. The summed E-state index contributed by atoms with van der Waals surface area (Å²) in [4.78, 5) is 11.1. The molecular formula is C14H25NO2. The van der Waals surface area contributed by atoms with E-state index in [1.807, 2.05) is 6.08 Å². The molecule has 0 aromatic heterocycles. The second-order valence-corrected chi connectivity index (χ2v) is 5.16. The van der Waals surface area contributed by atoms with Crippen molar-refractivity contribution in [1.82, 2.24) is 5.32 Å². The smallest absolute Gasteiger partial charge is 0.333 e. The van der Waals surface area contributed by atoms with E-state index in [-0.39, 0.29) is 5.97 Å². The van der Waals surface area contributed by atoms with Gasteiger partial charge in [-0.2, -0.15) is 0 Å². The SMILES string of the molecule is COC(=O)C(C)=CCNCC1CCC(C)CC1. The predicted octanol–water partition coefficient (Wildman–Crippen LogP) is 2.52. The summed E-state index contributed by atoms with van der Waals surface area (Å²) >= 11 is 0. The fourth-order valence-electron chi connectivity index (χ4n) is 2.29. The molecule has 3 nitrogen and oxygen atoms in total. The number of carbonyl (C=O) groups excluding carboxylic acids is 1. The Hall–Kier alpha value is -0.830. The van der Waals surface area contributed by atoms with E-state index in [0.717, 1.165) is 24.9 Å². The van der Waals surface area contributed by atoms with Crippen LogP contribution in [-0.2, 0) is 9.53 Å². The number of esters is 1. The maximum atomic E-state index is 11.1. The van der Waals surface area contributed by atoms with Crippen molar-refractivity contribution in [3.63, 3.8) is 0 Å². The van der Waals surface area contributed by atoms with Crippen molar-refractivity contribution in [3.05, 3.63) is 11.6 Å². The molecule has 1 rings (SSSR count). The zero-order valence-corrected chi connectivity index (χ0v) is 11.3. The number of ether oxygens (including phenoxy) is 1. The fraction of sp³-hybridized carbons (Fsp3) is 0.786. The number of methoxy groups -OCH3 is 1. The first kappa shape index (κ1) is 14.2. The van der Waals surface area contributed by atoms with Crippen molar-refractivity contribution >= 4 is 5.97 Å². The van der Waals surface area contributed by atoms with Crippen LogP contribution in [-0.4, -0.2) is 26.2 Å². The van der Waals surface area contributed by atoms with E-state index < -0.39 is 0 Å². The molecule has 98 valence electrons. The van der Waals surface area contributed by atoms with E-state index in [1.54, 1.807) is 6.92 Å². The van der Waals surface area contributed by atoms with Crippen molar-refractivity contribution in [2.75, 3.05) is 20.2 Å². The van der Waals surface area contributed by atoms with Gasteiger partial charge in [-0.25, -0.2) is 4.79 Å². The fourth-order valence-corrected chi connectivity index (χ4v) is 2.29. The van der Waals surface area contributed by atoms with Gasteiger partial charge < -0.3 is 10.1 Å². The second-order valence-electron chi connectivity index (χ2n) is 5.16. The number of carbonyl (C=O) groups is 1. The Kier molecular flexibility index (Phi) is 6.27. The van der Waals surface area contributed by atoms with Gasteiger partial charge in [0.15, 0.2) is 0 Å². The molecule has 0 heterocycles. The Labute approximate surface area is 105 Å².